The Hall–Kier alpha value is -2.50. The van der Waals surface area contributed by atoms with Crippen molar-refractivity contribution >= 4 is 18.0 Å². The smallest absolute Gasteiger partial charge is 0.310 e. The lowest BCUT2D eigenvalue weighted by Gasteiger charge is -2.23. The molecule has 26 heavy (non-hydrogen) atoms. The van der Waals surface area contributed by atoms with Crippen LogP contribution in [-0.4, -0.2) is 51.2 Å². The second-order valence-corrected chi connectivity index (χ2v) is 6.01. The molecule has 0 aromatic heterocycles. The first-order valence-electron chi connectivity index (χ1n) is 8.73. The highest BCUT2D eigenvalue weighted by Crippen LogP contribution is 2.28. The van der Waals surface area contributed by atoms with Crippen molar-refractivity contribution in [1.82, 2.24) is 4.90 Å². The normalized spacial score (nSPS) is 11.9. The number of hydrogen-bond acceptors (Lipinski definition) is 5. The number of amides is 1. The van der Waals surface area contributed by atoms with Crippen LogP contribution in [-0.2, 0) is 14.3 Å². The molecule has 0 saturated carbocycles. The van der Waals surface area contributed by atoms with Gasteiger partial charge in [0.1, 0.15) is 0 Å². The van der Waals surface area contributed by atoms with Crippen LogP contribution in [0.4, 0.5) is 0 Å². The van der Waals surface area contributed by atoms with Crippen molar-refractivity contribution < 1.29 is 23.8 Å². The minimum atomic E-state index is -0.365. The lowest BCUT2D eigenvalue weighted by Crippen LogP contribution is -2.37. The van der Waals surface area contributed by atoms with Crippen molar-refractivity contribution in [2.24, 2.45) is 5.92 Å². The van der Waals surface area contributed by atoms with E-state index < -0.39 is 0 Å². The SMILES string of the molecule is CCCCN(CC(C)C(=O)OC)C(=O)/C=C/c1ccc(OC)c(OC)c1. The molecule has 1 aromatic rings. The van der Waals surface area contributed by atoms with Crippen molar-refractivity contribution in [3.8, 4) is 11.5 Å². The molecule has 1 aromatic carbocycles. The predicted molar refractivity (Wildman–Crippen MR) is 101 cm³/mol. The van der Waals surface area contributed by atoms with Gasteiger partial charge in [-0.25, -0.2) is 0 Å². The summed E-state index contributed by atoms with van der Waals surface area (Å²) in [6, 6.07) is 5.44. The molecule has 0 aliphatic carbocycles. The van der Waals surface area contributed by atoms with Crippen molar-refractivity contribution in [3.63, 3.8) is 0 Å². The van der Waals surface area contributed by atoms with Gasteiger partial charge < -0.3 is 19.1 Å². The van der Waals surface area contributed by atoms with Crippen molar-refractivity contribution in [3.05, 3.63) is 29.8 Å². The number of carbonyl (C=O) groups excluding carboxylic acids is 2. The topological polar surface area (TPSA) is 65.1 Å². The Bertz CT molecular complexity index is 627. The van der Waals surface area contributed by atoms with E-state index in [-0.39, 0.29) is 17.8 Å². The molecule has 0 radical (unpaired) electrons. The molecule has 0 spiro atoms. The van der Waals surface area contributed by atoms with E-state index in [0.29, 0.717) is 24.6 Å². The number of ether oxygens (including phenoxy) is 3. The molecule has 144 valence electrons. The Morgan fingerprint density at radius 3 is 2.42 bits per heavy atom. The van der Waals surface area contributed by atoms with E-state index in [0.717, 1.165) is 18.4 Å². The van der Waals surface area contributed by atoms with Gasteiger partial charge in [-0.3, -0.25) is 9.59 Å². The van der Waals surface area contributed by atoms with Crippen LogP contribution in [0, 0.1) is 5.92 Å². The first-order chi connectivity index (χ1) is 12.5. The fourth-order valence-corrected chi connectivity index (χ4v) is 2.48. The van der Waals surface area contributed by atoms with Gasteiger partial charge in [0.15, 0.2) is 11.5 Å². The summed E-state index contributed by atoms with van der Waals surface area (Å²) >= 11 is 0. The minimum absolute atomic E-state index is 0.135. The molecule has 0 heterocycles. The van der Waals surface area contributed by atoms with Crippen LogP contribution in [0.25, 0.3) is 6.08 Å². The molecule has 1 unspecified atom stereocenters. The Balaban J connectivity index is 2.87. The Labute approximate surface area is 155 Å². The third-order valence-electron chi connectivity index (χ3n) is 4.02. The summed E-state index contributed by atoms with van der Waals surface area (Å²) in [4.78, 5) is 25.9. The molecular weight excluding hydrogens is 334 g/mol. The lowest BCUT2D eigenvalue weighted by atomic mass is 10.1. The predicted octanol–water partition coefficient (Wildman–Crippen LogP) is 3.15. The molecule has 0 saturated heterocycles. The summed E-state index contributed by atoms with van der Waals surface area (Å²) < 4.78 is 15.2. The number of unbranched alkanes of at least 4 members (excludes halogenated alkanes) is 1. The van der Waals surface area contributed by atoms with Gasteiger partial charge >= 0.3 is 5.97 Å². The zero-order chi connectivity index (χ0) is 19.5. The van der Waals surface area contributed by atoms with Crippen LogP contribution >= 0.6 is 0 Å². The molecule has 0 aliphatic rings. The monoisotopic (exact) mass is 363 g/mol. The quantitative estimate of drug-likeness (QED) is 0.472. The van der Waals surface area contributed by atoms with E-state index in [1.165, 1.54) is 13.2 Å². The van der Waals surface area contributed by atoms with Gasteiger partial charge in [0, 0.05) is 19.2 Å². The van der Waals surface area contributed by atoms with Crippen LogP contribution in [0.5, 0.6) is 11.5 Å². The van der Waals surface area contributed by atoms with Crippen molar-refractivity contribution in [2.45, 2.75) is 26.7 Å². The third kappa shape index (κ3) is 6.43. The Morgan fingerprint density at radius 1 is 1.15 bits per heavy atom. The van der Waals surface area contributed by atoms with Crippen LogP contribution in [0.2, 0.25) is 0 Å². The summed E-state index contributed by atoms with van der Waals surface area (Å²) in [7, 11) is 4.50. The summed E-state index contributed by atoms with van der Waals surface area (Å²) in [5.41, 5.74) is 0.826. The van der Waals surface area contributed by atoms with Gasteiger partial charge in [-0.1, -0.05) is 26.3 Å². The summed E-state index contributed by atoms with van der Waals surface area (Å²) in [5, 5.41) is 0. The molecular formula is C20H29NO5. The maximum absolute atomic E-state index is 12.6. The van der Waals surface area contributed by atoms with E-state index in [1.54, 1.807) is 44.3 Å². The van der Waals surface area contributed by atoms with E-state index in [1.807, 2.05) is 6.07 Å². The number of benzene rings is 1. The second kappa shape index (κ2) is 11.2. The maximum Gasteiger partial charge on any atom is 0.310 e. The summed E-state index contributed by atoms with van der Waals surface area (Å²) in [6.07, 6.45) is 5.09. The summed E-state index contributed by atoms with van der Waals surface area (Å²) in [6.45, 7) is 4.76. The molecule has 1 rings (SSSR count). The lowest BCUT2D eigenvalue weighted by molar-refractivity contribution is -0.146. The Morgan fingerprint density at radius 2 is 1.85 bits per heavy atom. The second-order valence-electron chi connectivity index (χ2n) is 6.01. The number of esters is 1. The van der Waals surface area contributed by atoms with E-state index >= 15 is 0 Å². The molecule has 0 N–H and O–H groups in total. The zero-order valence-corrected chi connectivity index (χ0v) is 16.3. The van der Waals surface area contributed by atoms with Gasteiger partial charge in [0.05, 0.1) is 27.2 Å². The van der Waals surface area contributed by atoms with Crippen LogP contribution < -0.4 is 9.47 Å². The van der Waals surface area contributed by atoms with Crippen LogP contribution in [0.15, 0.2) is 24.3 Å². The van der Waals surface area contributed by atoms with E-state index in [9.17, 15) is 9.59 Å². The van der Waals surface area contributed by atoms with Crippen LogP contribution in [0.3, 0.4) is 0 Å². The van der Waals surface area contributed by atoms with E-state index in [4.69, 9.17) is 14.2 Å². The van der Waals surface area contributed by atoms with Gasteiger partial charge in [0.25, 0.3) is 0 Å². The molecule has 1 amide bonds. The van der Waals surface area contributed by atoms with Crippen LogP contribution in [0.1, 0.15) is 32.3 Å². The highest BCUT2D eigenvalue weighted by molar-refractivity contribution is 5.92. The third-order valence-corrected chi connectivity index (χ3v) is 4.02. The molecule has 1 atom stereocenters. The highest BCUT2D eigenvalue weighted by Gasteiger charge is 2.19. The van der Waals surface area contributed by atoms with Gasteiger partial charge in [-0.05, 0) is 30.2 Å². The number of hydrogen-bond donors (Lipinski definition) is 0. The largest absolute Gasteiger partial charge is 0.493 e. The zero-order valence-electron chi connectivity index (χ0n) is 16.3. The van der Waals surface area contributed by atoms with Crippen molar-refractivity contribution in [1.29, 1.82) is 0 Å². The molecule has 0 aliphatic heterocycles. The first-order valence-corrected chi connectivity index (χ1v) is 8.73. The van der Waals surface area contributed by atoms with Gasteiger partial charge in [-0.15, -0.1) is 0 Å². The number of methoxy groups -OCH3 is 3. The summed E-state index contributed by atoms with van der Waals surface area (Å²) in [5.74, 6) is 0.416. The highest BCUT2D eigenvalue weighted by atomic mass is 16.5. The van der Waals surface area contributed by atoms with E-state index in [2.05, 4.69) is 6.92 Å². The fraction of sp³-hybridized carbons (Fsp3) is 0.500. The molecule has 0 fully saturated rings. The minimum Gasteiger partial charge on any atom is -0.493 e. The molecule has 6 nitrogen and oxygen atoms in total. The maximum atomic E-state index is 12.6. The average molecular weight is 363 g/mol. The van der Waals surface area contributed by atoms with Crippen molar-refractivity contribution in [2.75, 3.05) is 34.4 Å². The van der Waals surface area contributed by atoms with Gasteiger partial charge in [-0.2, -0.15) is 0 Å². The van der Waals surface area contributed by atoms with Gasteiger partial charge in [0.2, 0.25) is 5.91 Å². The first kappa shape index (κ1) is 21.5. The standard InChI is InChI=1S/C20H29NO5/c1-6-7-12-21(14-15(2)20(23)26-5)19(22)11-9-16-8-10-17(24-3)18(13-16)25-4/h8-11,13,15H,6-7,12,14H2,1-5H3/b11-9+. The average Bonchev–Trinajstić information content (AvgIpc) is 2.67. The molecule has 0 bridgehead atoms. The number of rotatable bonds is 10. The molecule has 6 heteroatoms. The number of carbonyl (C=O) groups is 2. The fourth-order valence-electron chi connectivity index (χ4n) is 2.48. The Kier molecular flexibility index (Phi) is 9.26. The number of nitrogens with zero attached hydrogens (tertiary/aromatic N) is 1.